The Kier molecular flexibility index (Phi) is 6.59. The third-order valence-corrected chi connectivity index (χ3v) is 2.42. The Balaban J connectivity index is 2.89. The molecule has 0 bridgehead atoms. The summed E-state index contributed by atoms with van der Waals surface area (Å²) < 4.78 is 9.65. The van der Waals surface area contributed by atoms with Crippen LogP contribution in [0.3, 0.4) is 0 Å². The van der Waals surface area contributed by atoms with Gasteiger partial charge in [0.2, 0.25) is 0 Å². The molecule has 1 rings (SSSR count). The number of benzene rings is 1. The molecule has 5 nitrogen and oxygen atoms in total. The van der Waals surface area contributed by atoms with Crippen LogP contribution in [-0.2, 0) is 19.1 Å². The van der Waals surface area contributed by atoms with Crippen LogP contribution in [0.4, 0.5) is 5.69 Å². The van der Waals surface area contributed by atoms with Gasteiger partial charge in [-0.25, -0.2) is 9.59 Å². The molecular formula is C14H16ClNO4. The Labute approximate surface area is 122 Å². The highest BCUT2D eigenvalue weighted by Gasteiger charge is 2.13. The molecule has 0 radical (unpaired) electrons. The highest BCUT2D eigenvalue weighted by Crippen LogP contribution is 2.15. The normalized spacial score (nSPS) is 10.8. The first-order valence-corrected chi connectivity index (χ1v) is 6.52. The zero-order chi connectivity index (χ0) is 15.0. The van der Waals surface area contributed by atoms with E-state index >= 15 is 0 Å². The Morgan fingerprint density at radius 2 is 1.75 bits per heavy atom. The van der Waals surface area contributed by atoms with Crippen molar-refractivity contribution in [2.24, 2.45) is 0 Å². The van der Waals surface area contributed by atoms with Crippen LogP contribution in [-0.4, -0.2) is 25.2 Å². The lowest BCUT2D eigenvalue weighted by Gasteiger charge is -2.10. The van der Waals surface area contributed by atoms with Gasteiger partial charge in [-0.2, -0.15) is 0 Å². The van der Waals surface area contributed by atoms with Gasteiger partial charge >= 0.3 is 11.9 Å². The SMILES string of the molecule is CCOC(=O)C=C(Nc1ccc(Cl)cc1)C(=O)OCC. The first-order chi connectivity index (χ1) is 9.56. The van der Waals surface area contributed by atoms with Crippen molar-refractivity contribution in [3.05, 3.63) is 41.1 Å². The lowest BCUT2D eigenvalue weighted by Crippen LogP contribution is -2.17. The van der Waals surface area contributed by atoms with E-state index in [1.54, 1.807) is 38.1 Å². The van der Waals surface area contributed by atoms with E-state index in [0.29, 0.717) is 10.7 Å². The minimum absolute atomic E-state index is 0.00706. The third-order valence-electron chi connectivity index (χ3n) is 2.17. The summed E-state index contributed by atoms with van der Waals surface area (Å²) in [5, 5.41) is 3.38. The topological polar surface area (TPSA) is 64.6 Å². The number of anilines is 1. The summed E-state index contributed by atoms with van der Waals surface area (Å²) in [6.45, 7) is 3.80. The van der Waals surface area contributed by atoms with E-state index in [0.717, 1.165) is 6.08 Å². The van der Waals surface area contributed by atoms with Crippen LogP contribution in [0.5, 0.6) is 0 Å². The van der Waals surface area contributed by atoms with E-state index in [4.69, 9.17) is 21.1 Å². The maximum Gasteiger partial charge on any atom is 0.355 e. The van der Waals surface area contributed by atoms with Gasteiger partial charge in [0.1, 0.15) is 5.70 Å². The van der Waals surface area contributed by atoms with Crippen molar-refractivity contribution in [2.45, 2.75) is 13.8 Å². The number of hydrogen-bond donors (Lipinski definition) is 1. The molecule has 0 aliphatic rings. The molecule has 20 heavy (non-hydrogen) atoms. The van der Waals surface area contributed by atoms with Crippen LogP contribution in [0.25, 0.3) is 0 Å². The van der Waals surface area contributed by atoms with E-state index in [9.17, 15) is 9.59 Å². The number of rotatable bonds is 6. The van der Waals surface area contributed by atoms with Gasteiger partial charge in [-0.1, -0.05) is 11.6 Å². The van der Waals surface area contributed by atoms with Crippen molar-refractivity contribution < 1.29 is 19.1 Å². The van der Waals surface area contributed by atoms with Crippen molar-refractivity contribution >= 4 is 29.2 Å². The molecule has 0 aliphatic carbocycles. The van der Waals surface area contributed by atoms with Gasteiger partial charge in [0.05, 0.1) is 19.3 Å². The van der Waals surface area contributed by atoms with Gasteiger partial charge < -0.3 is 14.8 Å². The van der Waals surface area contributed by atoms with Crippen molar-refractivity contribution in [3.63, 3.8) is 0 Å². The van der Waals surface area contributed by atoms with Crippen molar-refractivity contribution in [3.8, 4) is 0 Å². The molecule has 1 N–H and O–H groups in total. The summed E-state index contributed by atoms with van der Waals surface area (Å²) in [6, 6.07) is 6.69. The Morgan fingerprint density at radius 1 is 1.15 bits per heavy atom. The molecule has 0 aromatic heterocycles. The molecule has 1 aromatic carbocycles. The third kappa shape index (κ3) is 5.32. The second-order valence-electron chi connectivity index (χ2n) is 3.66. The monoisotopic (exact) mass is 297 g/mol. The van der Waals surface area contributed by atoms with Gasteiger partial charge in [0.25, 0.3) is 0 Å². The largest absolute Gasteiger partial charge is 0.463 e. The number of halogens is 1. The number of ether oxygens (including phenoxy) is 2. The van der Waals surface area contributed by atoms with Crippen molar-refractivity contribution in [1.29, 1.82) is 0 Å². The molecular weight excluding hydrogens is 282 g/mol. The number of nitrogens with one attached hydrogen (secondary N) is 1. The molecule has 0 saturated carbocycles. The first kappa shape index (κ1) is 16.0. The van der Waals surface area contributed by atoms with Crippen LogP contribution < -0.4 is 5.32 Å². The molecule has 0 saturated heterocycles. The van der Waals surface area contributed by atoms with E-state index in [2.05, 4.69) is 5.32 Å². The zero-order valence-corrected chi connectivity index (χ0v) is 12.1. The quantitative estimate of drug-likeness (QED) is 0.646. The predicted octanol–water partition coefficient (Wildman–Crippen LogP) is 2.76. The highest BCUT2D eigenvalue weighted by atomic mass is 35.5. The second kappa shape index (κ2) is 8.22. The number of carbonyl (C=O) groups is 2. The Bertz CT molecular complexity index is 496. The minimum atomic E-state index is -0.629. The fraction of sp³-hybridized carbons (Fsp3) is 0.286. The van der Waals surface area contributed by atoms with Crippen LogP contribution >= 0.6 is 11.6 Å². The minimum Gasteiger partial charge on any atom is -0.463 e. The van der Waals surface area contributed by atoms with Gasteiger partial charge in [0, 0.05) is 10.7 Å². The molecule has 0 amide bonds. The Morgan fingerprint density at radius 3 is 2.30 bits per heavy atom. The van der Waals surface area contributed by atoms with Crippen LogP contribution in [0.1, 0.15) is 13.8 Å². The molecule has 0 spiro atoms. The van der Waals surface area contributed by atoms with Crippen LogP contribution in [0.15, 0.2) is 36.0 Å². The molecule has 1 aromatic rings. The summed E-state index contributed by atoms with van der Waals surface area (Å²) in [4.78, 5) is 23.2. The molecule has 0 heterocycles. The first-order valence-electron chi connectivity index (χ1n) is 6.15. The van der Waals surface area contributed by atoms with Crippen LogP contribution in [0.2, 0.25) is 5.02 Å². The molecule has 108 valence electrons. The summed E-state index contributed by atoms with van der Waals surface area (Å²) in [5.41, 5.74) is 0.616. The van der Waals surface area contributed by atoms with Crippen LogP contribution in [0, 0.1) is 0 Å². The number of esters is 2. The molecule has 0 unspecified atom stereocenters. The lowest BCUT2D eigenvalue weighted by atomic mass is 10.3. The predicted molar refractivity (Wildman–Crippen MR) is 76.4 cm³/mol. The van der Waals surface area contributed by atoms with E-state index < -0.39 is 11.9 Å². The number of hydrogen-bond acceptors (Lipinski definition) is 5. The van der Waals surface area contributed by atoms with E-state index in [1.807, 2.05) is 0 Å². The number of carbonyl (C=O) groups excluding carboxylic acids is 2. The smallest absolute Gasteiger partial charge is 0.355 e. The standard InChI is InChI=1S/C14H16ClNO4/c1-3-19-13(17)9-12(14(18)20-4-2)16-11-7-5-10(15)6-8-11/h5-9,16H,3-4H2,1-2H3. The second-order valence-corrected chi connectivity index (χ2v) is 4.10. The summed E-state index contributed by atoms with van der Waals surface area (Å²) >= 11 is 5.78. The van der Waals surface area contributed by atoms with Crippen molar-refractivity contribution in [1.82, 2.24) is 0 Å². The van der Waals surface area contributed by atoms with Gasteiger partial charge in [-0.05, 0) is 38.1 Å². The van der Waals surface area contributed by atoms with E-state index in [1.165, 1.54) is 0 Å². The zero-order valence-electron chi connectivity index (χ0n) is 11.3. The molecule has 0 aliphatic heterocycles. The Hall–Kier alpha value is -2.01. The highest BCUT2D eigenvalue weighted by molar-refractivity contribution is 6.30. The summed E-state index contributed by atoms with van der Waals surface area (Å²) in [6.07, 6.45) is 1.07. The van der Waals surface area contributed by atoms with Gasteiger partial charge in [0.15, 0.2) is 0 Å². The average Bonchev–Trinajstić information content (AvgIpc) is 2.41. The molecule has 0 atom stereocenters. The maximum absolute atomic E-state index is 11.8. The summed E-state index contributed by atoms with van der Waals surface area (Å²) in [5.74, 6) is -1.24. The van der Waals surface area contributed by atoms with Crippen molar-refractivity contribution in [2.75, 3.05) is 18.5 Å². The van der Waals surface area contributed by atoms with Gasteiger partial charge in [-0.3, -0.25) is 0 Å². The fourth-order valence-electron chi connectivity index (χ4n) is 1.35. The maximum atomic E-state index is 11.8. The average molecular weight is 298 g/mol. The fourth-order valence-corrected chi connectivity index (χ4v) is 1.47. The lowest BCUT2D eigenvalue weighted by molar-refractivity contribution is -0.140. The molecule has 0 fully saturated rings. The van der Waals surface area contributed by atoms with Gasteiger partial charge in [-0.15, -0.1) is 0 Å². The summed E-state index contributed by atoms with van der Waals surface area (Å²) in [7, 11) is 0. The molecule has 6 heteroatoms. The van der Waals surface area contributed by atoms with E-state index in [-0.39, 0.29) is 18.9 Å².